The van der Waals surface area contributed by atoms with Crippen molar-refractivity contribution in [2.24, 2.45) is 17.6 Å². The number of carboxylic acids is 1. The van der Waals surface area contributed by atoms with Gasteiger partial charge < -0.3 is 20.7 Å². The van der Waals surface area contributed by atoms with Gasteiger partial charge in [-0.3, -0.25) is 9.59 Å². The van der Waals surface area contributed by atoms with Crippen LogP contribution in [0.2, 0.25) is 0 Å². The first-order valence-corrected chi connectivity index (χ1v) is 7.34. The van der Waals surface area contributed by atoms with Gasteiger partial charge in [-0.15, -0.1) is 0 Å². The van der Waals surface area contributed by atoms with Crippen LogP contribution in [0.25, 0.3) is 0 Å². The minimum absolute atomic E-state index is 0.00586. The number of nitrogens with one attached hydrogen (secondary N) is 1. The minimum atomic E-state index is -0.763. The Morgan fingerprint density at radius 2 is 2.19 bits per heavy atom. The highest BCUT2D eigenvalue weighted by molar-refractivity contribution is 5.92. The van der Waals surface area contributed by atoms with Crippen LogP contribution in [-0.4, -0.2) is 39.6 Å². The van der Waals surface area contributed by atoms with Gasteiger partial charge >= 0.3 is 5.97 Å². The second-order valence-corrected chi connectivity index (χ2v) is 5.48. The Morgan fingerprint density at radius 1 is 1.43 bits per heavy atom. The zero-order chi connectivity index (χ0) is 15.2. The lowest BCUT2D eigenvalue weighted by Gasteiger charge is -2.28. The van der Waals surface area contributed by atoms with Gasteiger partial charge in [0.15, 0.2) is 0 Å². The van der Waals surface area contributed by atoms with E-state index >= 15 is 0 Å². The molecule has 0 spiro atoms. The summed E-state index contributed by atoms with van der Waals surface area (Å²) >= 11 is 0. The van der Waals surface area contributed by atoms with Crippen molar-refractivity contribution in [1.82, 2.24) is 14.9 Å². The van der Waals surface area contributed by atoms with Crippen LogP contribution in [0.3, 0.4) is 0 Å². The van der Waals surface area contributed by atoms with Gasteiger partial charge in [0, 0.05) is 25.8 Å². The summed E-state index contributed by atoms with van der Waals surface area (Å²) in [5.74, 6) is -1.37. The fraction of sp³-hybridized carbons (Fsp3) is 0.643. The highest BCUT2D eigenvalue weighted by Gasteiger charge is 2.30. The van der Waals surface area contributed by atoms with Gasteiger partial charge in [-0.1, -0.05) is 12.8 Å². The van der Waals surface area contributed by atoms with Crippen molar-refractivity contribution in [3.8, 4) is 0 Å². The van der Waals surface area contributed by atoms with E-state index in [9.17, 15) is 14.7 Å². The molecule has 116 valence electrons. The van der Waals surface area contributed by atoms with Crippen LogP contribution < -0.4 is 11.1 Å². The predicted molar refractivity (Wildman–Crippen MR) is 76.7 cm³/mol. The van der Waals surface area contributed by atoms with E-state index in [1.54, 1.807) is 17.1 Å². The molecule has 1 fully saturated rings. The summed E-state index contributed by atoms with van der Waals surface area (Å²) in [4.78, 5) is 27.3. The highest BCUT2D eigenvalue weighted by atomic mass is 16.4. The quantitative estimate of drug-likeness (QED) is 0.706. The Hall–Kier alpha value is -1.89. The van der Waals surface area contributed by atoms with Crippen molar-refractivity contribution < 1.29 is 14.7 Å². The second kappa shape index (κ2) is 7.21. The van der Waals surface area contributed by atoms with Crippen molar-refractivity contribution in [1.29, 1.82) is 0 Å². The molecule has 1 aromatic rings. The van der Waals surface area contributed by atoms with E-state index < -0.39 is 5.97 Å². The summed E-state index contributed by atoms with van der Waals surface area (Å²) in [6, 6.07) is 0. The number of carbonyl (C=O) groups excluding carboxylic acids is 1. The summed E-state index contributed by atoms with van der Waals surface area (Å²) < 4.78 is 1.76. The molecule has 1 aromatic heterocycles. The van der Waals surface area contributed by atoms with Crippen LogP contribution in [-0.2, 0) is 11.3 Å². The summed E-state index contributed by atoms with van der Waals surface area (Å²) in [6.45, 7) is 1.49. The first-order chi connectivity index (χ1) is 10.1. The number of hydrogen-bond donors (Lipinski definition) is 3. The van der Waals surface area contributed by atoms with Crippen LogP contribution in [0.5, 0.6) is 0 Å². The molecule has 0 radical (unpaired) electrons. The molecule has 7 nitrogen and oxygen atoms in total. The summed E-state index contributed by atoms with van der Waals surface area (Å²) in [5.41, 5.74) is 5.78. The first kappa shape index (κ1) is 15.5. The predicted octanol–water partition coefficient (Wildman–Crippen LogP) is 0.463. The Kier molecular flexibility index (Phi) is 5.32. The lowest BCUT2D eigenvalue weighted by molar-refractivity contribution is -0.144. The maximum atomic E-state index is 12.0. The molecule has 21 heavy (non-hydrogen) atoms. The number of amides is 1. The number of aromatic nitrogens is 2. The normalized spacial score (nSPS) is 22.0. The molecule has 2 unspecified atom stereocenters. The third-order valence-electron chi connectivity index (χ3n) is 4.00. The largest absolute Gasteiger partial charge is 0.481 e. The molecule has 1 saturated carbocycles. The first-order valence-electron chi connectivity index (χ1n) is 7.34. The van der Waals surface area contributed by atoms with Gasteiger partial charge in [-0.05, 0) is 18.8 Å². The van der Waals surface area contributed by atoms with Crippen molar-refractivity contribution in [2.45, 2.75) is 32.2 Å². The summed E-state index contributed by atoms with van der Waals surface area (Å²) in [7, 11) is 0. The maximum absolute atomic E-state index is 12.0. The van der Waals surface area contributed by atoms with Crippen molar-refractivity contribution in [2.75, 3.05) is 13.1 Å². The molecule has 2 rings (SSSR count). The van der Waals surface area contributed by atoms with Crippen LogP contribution in [0.1, 0.15) is 36.2 Å². The lowest BCUT2D eigenvalue weighted by atomic mass is 9.79. The number of imidazole rings is 1. The zero-order valence-electron chi connectivity index (χ0n) is 12.0. The Labute approximate surface area is 123 Å². The fourth-order valence-electron chi connectivity index (χ4n) is 2.84. The molecule has 1 amide bonds. The molecule has 1 heterocycles. The van der Waals surface area contributed by atoms with E-state index in [2.05, 4.69) is 10.3 Å². The van der Waals surface area contributed by atoms with Gasteiger partial charge in [-0.2, -0.15) is 0 Å². The van der Waals surface area contributed by atoms with E-state index in [4.69, 9.17) is 5.73 Å². The van der Waals surface area contributed by atoms with Gasteiger partial charge in [0.1, 0.15) is 5.69 Å². The molecular weight excluding hydrogens is 272 g/mol. The molecule has 0 bridgehead atoms. The smallest absolute Gasteiger partial charge is 0.306 e. The molecule has 0 aromatic carbocycles. The molecule has 4 N–H and O–H groups in total. The van der Waals surface area contributed by atoms with Gasteiger partial charge in [0.25, 0.3) is 5.91 Å². The zero-order valence-corrected chi connectivity index (χ0v) is 12.0. The van der Waals surface area contributed by atoms with Crippen molar-refractivity contribution in [3.63, 3.8) is 0 Å². The topological polar surface area (TPSA) is 110 Å². The van der Waals surface area contributed by atoms with Crippen molar-refractivity contribution >= 4 is 11.9 Å². The third-order valence-corrected chi connectivity index (χ3v) is 4.00. The van der Waals surface area contributed by atoms with E-state index in [0.717, 1.165) is 19.3 Å². The van der Waals surface area contributed by atoms with Gasteiger partial charge in [-0.25, -0.2) is 4.98 Å². The van der Waals surface area contributed by atoms with Gasteiger partial charge in [0.2, 0.25) is 0 Å². The van der Waals surface area contributed by atoms with Crippen LogP contribution in [0, 0.1) is 11.8 Å². The van der Waals surface area contributed by atoms with Crippen LogP contribution in [0.15, 0.2) is 12.5 Å². The maximum Gasteiger partial charge on any atom is 0.306 e. The molecule has 0 aliphatic heterocycles. The number of aliphatic carboxylic acids is 1. The molecule has 1 aliphatic carbocycles. The lowest BCUT2D eigenvalue weighted by Crippen LogP contribution is -2.37. The molecular formula is C14H22N4O3. The molecule has 7 heteroatoms. The van der Waals surface area contributed by atoms with E-state index in [1.807, 2.05) is 0 Å². The van der Waals surface area contributed by atoms with Gasteiger partial charge in [0.05, 0.1) is 12.2 Å². The summed E-state index contributed by atoms with van der Waals surface area (Å²) in [6.07, 6.45) is 6.74. The summed E-state index contributed by atoms with van der Waals surface area (Å²) in [5, 5.41) is 12.0. The number of hydrogen-bond acceptors (Lipinski definition) is 4. The standard InChI is InChI=1S/C14H22N4O3/c15-5-6-18-8-12(17-9-18)13(19)16-7-10-3-1-2-4-11(10)14(20)21/h8-11H,1-7,15H2,(H,16,19)(H,20,21). The van der Waals surface area contributed by atoms with E-state index in [0.29, 0.717) is 31.7 Å². The van der Waals surface area contributed by atoms with E-state index in [-0.39, 0.29) is 17.7 Å². The average Bonchev–Trinajstić information content (AvgIpc) is 2.94. The number of nitrogens with two attached hydrogens (primary N) is 1. The molecule has 1 aliphatic rings. The number of rotatable bonds is 6. The average molecular weight is 294 g/mol. The SMILES string of the molecule is NCCn1cnc(C(=O)NCC2CCCCC2C(=O)O)c1. The molecule has 0 saturated heterocycles. The minimum Gasteiger partial charge on any atom is -0.481 e. The Morgan fingerprint density at radius 3 is 2.90 bits per heavy atom. The number of carbonyl (C=O) groups is 2. The number of carboxylic acid groups (broad SMARTS) is 1. The Balaban J connectivity index is 1.88. The molecule has 2 atom stereocenters. The Bertz CT molecular complexity index is 500. The monoisotopic (exact) mass is 294 g/mol. The highest BCUT2D eigenvalue weighted by Crippen LogP contribution is 2.29. The second-order valence-electron chi connectivity index (χ2n) is 5.48. The van der Waals surface area contributed by atoms with Crippen LogP contribution >= 0.6 is 0 Å². The fourth-order valence-corrected chi connectivity index (χ4v) is 2.84. The van der Waals surface area contributed by atoms with E-state index in [1.165, 1.54) is 0 Å². The third kappa shape index (κ3) is 4.04. The van der Waals surface area contributed by atoms with Crippen molar-refractivity contribution in [3.05, 3.63) is 18.2 Å². The number of nitrogens with zero attached hydrogens (tertiary/aromatic N) is 2. The van der Waals surface area contributed by atoms with Crippen LogP contribution in [0.4, 0.5) is 0 Å².